The highest BCUT2D eigenvalue weighted by atomic mass is 79.9. The molecule has 106 valence electrons. The van der Waals surface area contributed by atoms with Crippen LogP contribution in [-0.4, -0.2) is 5.11 Å². The molecule has 0 saturated carbocycles. The van der Waals surface area contributed by atoms with Crippen LogP contribution in [0, 0.1) is 5.82 Å². The van der Waals surface area contributed by atoms with Crippen LogP contribution < -0.4 is 5.32 Å². The van der Waals surface area contributed by atoms with Gasteiger partial charge in [-0.2, -0.15) is 0 Å². The van der Waals surface area contributed by atoms with Crippen LogP contribution in [0.1, 0.15) is 18.5 Å². The fraction of sp³-hybridized carbons (Fsp3) is 0.143. The van der Waals surface area contributed by atoms with Gasteiger partial charge >= 0.3 is 0 Å². The normalized spacial score (nSPS) is 12.2. The topological polar surface area (TPSA) is 32.3 Å². The SMILES string of the molecule is CC(Nc1cc(Cl)c(O)c(Cl)c1)c1ccc(F)cc1Br. The first-order valence-electron chi connectivity index (χ1n) is 5.78. The van der Waals surface area contributed by atoms with Crippen molar-refractivity contribution in [1.29, 1.82) is 0 Å². The quantitative estimate of drug-likeness (QED) is 0.664. The van der Waals surface area contributed by atoms with Crippen molar-refractivity contribution in [2.75, 3.05) is 5.32 Å². The van der Waals surface area contributed by atoms with Crippen molar-refractivity contribution in [3.63, 3.8) is 0 Å². The summed E-state index contributed by atoms with van der Waals surface area (Å²) in [5, 5.41) is 13.1. The molecular formula is C14H11BrCl2FNO. The molecule has 2 rings (SSSR count). The highest BCUT2D eigenvalue weighted by Crippen LogP contribution is 2.36. The minimum atomic E-state index is -0.302. The lowest BCUT2D eigenvalue weighted by molar-refractivity contribution is 0.476. The zero-order chi connectivity index (χ0) is 14.9. The molecule has 0 spiro atoms. The molecule has 1 atom stereocenters. The van der Waals surface area contributed by atoms with Crippen molar-refractivity contribution in [3.8, 4) is 5.75 Å². The monoisotopic (exact) mass is 377 g/mol. The summed E-state index contributed by atoms with van der Waals surface area (Å²) in [5.41, 5.74) is 1.56. The van der Waals surface area contributed by atoms with Gasteiger partial charge in [0.25, 0.3) is 0 Å². The van der Waals surface area contributed by atoms with E-state index in [2.05, 4.69) is 21.2 Å². The zero-order valence-electron chi connectivity index (χ0n) is 10.4. The molecule has 0 saturated heterocycles. The van der Waals surface area contributed by atoms with E-state index in [1.54, 1.807) is 18.2 Å². The maximum absolute atomic E-state index is 13.1. The van der Waals surface area contributed by atoms with Gasteiger partial charge in [0, 0.05) is 16.2 Å². The van der Waals surface area contributed by atoms with E-state index in [-0.39, 0.29) is 27.7 Å². The number of hydrogen-bond acceptors (Lipinski definition) is 2. The molecule has 2 N–H and O–H groups in total. The van der Waals surface area contributed by atoms with Crippen LogP contribution in [0.25, 0.3) is 0 Å². The molecule has 1 unspecified atom stereocenters. The number of benzene rings is 2. The van der Waals surface area contributed by atoms with Crippen LogP contribution in [0.4, 0.5) is 10.1 Å². The van der Waals surface area contributed by atoms with Crippen LogP contribution >= 0.6 is 39.1 Å². The highest BCUT2D eigenvalue weighted by Gasteiger charge is 2.12. The van der Waals surface area contributed by atoms with Gasteiger partial charge in [-0.05, 0) is 36.8 Å². The van der Waals surface area contributed by atoms with Crippen molar-refractivity contribution < 1.29 is 9.50 Å². The van der Waals surface area contributed by atoms with E-state index in [1.165, 1.54) is 12.1 Å². The van der Waals surface area contributed by atoms with Crippen LogP contribution in [0.3, 0.4) is 0 Å². The lowest BCUT2D eigenvalue weighted by Crippen LogP contribution is -2.07. The van der Waals surface area contributed by atoms with Gasteiger partial charge in [0.15, 0.2) is 5.75 Å². The van der Waals surface area contributed by atoms with Crippen molar-refractivity contribution in [1.82, 2.24) is 0 Å². The maximum atomic E-state index is 13.1. The molecule has 0 fully saturated rings. The molecule has 0 amide bonds. The second-order valence-electron chi connectivity index (χ2n) is 4.32. The third-order valence-corrected chi connectivity index (χ3v) is 4.09. The van der Waals surface area contributed by atoms with Gasteiger partial charge < -0.3 is 10.4 Å². The van der Waals surface area contributed by atoms with Gasteiger partial charge in [0.2, 0.25) is 0 Å². The first-order chi connectivity index (χ1) is 9.38. The molecule has 20 heavy (non-hydrogen) atoms. The summed E-state index contributed by atoms with van der Waals surface area (Å²) in [4.78, 5) is 0. The van der Waals surface area contributed by atoms with Crippen molar-refractivity contribution >= 4 is 44.8 Å². The first-order valence-corrected chi connectivity index (χ1v) is 7.33. The standard InChI is InChI=1S/C14H11BrCl2FNO/c1-7(10-3-2-8(18)4-11(10)15)19-9-5-12(16)14(20)13(17)6-9/h2-7,19-20H,1H3. The zero-order valence-corrected chi connectivity index (χ0v) is 13.5. The molecule has 2 aromatic carbocycles. The highest BCUT2D eigenvalue weighted by molar-refractivity contribution is 9.10. The molecule has 0 aromatic heterocycles. The van der Waals surface area contributed by atoms with E-state index in [1.807, 2.05) is 6.92 Å². The van der Waals surface area contributed by atoms with Gasteiger partial charge in [-0.25, -0.2) is 4.39 Å². The molecule has 0 aliphatic rings. The summed E-state index contributed by atoms with van der Waals surface area (Å²) < 4.78 is 13.7. The van der Waals surface area contributed by atoms with Gasteiger partial charge in [-0.15, -0.1) is 0 Å². The van der Waals surface area contributed by atoms with Gasteiger partial charge in [0.05, 0.1) is 10.0 Å². The summed E-state index contributed by atoms with van der Waals surface area (Å²) in [7, 11) is 0. The molecule has 6 heteroatoms. The molecule has 0 radical (unpaired) electrons. The molecule has 0 heterocycles. The maximum Gasteiger partial charge on any atom is 0.152 e. The van der Waals surface area contributed by atoms with Crippen LogP contribution in [0.2, 0.25) is 10.0 Å². The minimum absolute atomic E-state index is 0.0957. The third kappa shape index (κ3) is 3.37. The van der Waals surface area contributed by atoms with Crippen LogP contribution in [-0.2, 0) is 0 Å². The number of nitrogens with one attached hydrogen (secondary N) is 1. The molecular weight excluding hydrogens is 368 g/mol. The summed E-state index contributed by atoms with van der Waals surface area (Å²) in [6, 6.07) is 7.56. The van der Waals surface area contributed by atoms with E-state index >= 15 is 0 Å². The summed E-state index contributed by atoms with van der Waals surface area (Å²) in [6.45, 7) is 1.92. The Labute approximate surface area is 134 Å². The Balaban J connectivity index is 2.25. The predicted molar refractivity (Wildman–Crippen MR) is 84.3 cm³/mol. The van der Waals surface area contributed by atoms with E-state index in [0.29, 0.717) is 10.2 Å². The minimum Gasteiger partial charge on any atom is -0.505 e. The Bertz CT molecular complexity index is 628. The van der Waals surface area contributed by atoms with Crippen molar-refractivity contribution in [2.45, 2.75) is 13.0 Å². The summed E-state index contributed by atoms with van der Waals surface area (Å²) in [6.07, 6.45) is 0. The Morgan fingerprint density at radius 1 is 1.20 bits per heavy atom. The Morgan fingerprint density at radius 3 is 2.35 bits per heavy atom. The number of anilines is 1. The van der Waals surface area contributed by atoms with E-state index in [4.69, 9.17) is 23.2 Å². The molecule has 2 nitrogen and oxygen atoms in total. The lowest BCUT2D eigenvalue weighted by Gasteiger charge is -2.18. The third-order valence-electron chi connectivity index (χ3n) is 2.83. The summed E-state index contributed by atoms with van der Waals surface area (Å²) >= 11 is 15.1. The fourth-order valence-electron chi connectivity index (χ4n) is 1.83. The van der Waals surface area contributed by atoms with Crippen LogP contribution in [0.5, 0.6) is 5.75 Å². The van der Waals surface area contributed by atoms with E-state index in [0.717, 1.165) is 5.56 Å². The summed E-state index contributed by atoms with van der Waals surface area (Å²) in [5.74, 6) is -0.446. The number of halogens is 4. The largest absolute Gasteiger partial charge is 0.505 e. The Kier molecular flexibility index (Phi) is 4.78. The predicted octanol–water partition coefficient (Wildman–Crippen LogP) is 5.77. The number of phenolic OH excluding ortho intramolecular Hbond substituents is 1. The number of rotatable bonds is 3. The Morgan fingerprint density at radius 2 is 1.80 bits per heavy atom. The van der Waals surface area contributed by atoms with Crippen molar-refractivity contribution in [3.05, 3.63) is 56.2 Å². The molecule has 0 bridgehead atoms. The van der Waals surface area contributed by atoms with Gasteiger partial charge in [0.1, 0.15) is 5.82 Å². The molecule has 0 aliphatic carbocycles. The van der Waals surface area contributed by atoms with Gasteiger partial charge in [-0.1, -0.05) is 45.2 Å². The van der Waals surface area contributed by atoms with E-state index in [9.17, 15) is 9.50 Å². The molecule has 2 aromatic rings. The average Bonchev–Trinajstić information content (AvgIpc) is 2.35. The second-order valence-corrected chi connectivity index (χ2v) is 5.99. The van der Waals surface area contributed by atoms with Crippen molar-refractivity contribution in [2.24, 2.45) is 0 Å². The van der Waals surface area contributed by atoms with Gasteiger partial charge in [-0.3, -0.25) is 0 Å². The number of phenols is 1. The molecule has 0 aliphatic heterocycles. The van der Waals surface area contributed by atoms with E-state index < -0.39 is 0 Å². The first kappa shape index (κ1) is 15.4. The van der Waals surface area contributed by atoms with Crippen LogP contribution in [0.15, 0.2) is 34.8 Å². The Hall–Kier alpha value is -0.970. The average molecular weight is 379 g/mol. The smallest absolute Gasteiger partial charge is 0.152 e. The number of hydrogen-bond donors (Lipinski definition) is 2. The number of aromatic hydroxyl groups is 1. The fourth-order valence-corrected chi connectivity index (χ4v) is 3.01. The lowest BCUT2D eigenvalue weighted by atomic mass is 10.1. The second kappa shape index (κ2) is 6.20.